The largest absolute Gasteiger partial charge is 0.493 e. The van der Waals surface area contributed by atoms with E-state index in [1.165, 1.54) is 0 Å². The van der Waals surface area contributed by atoms with Gasteiger partial charge in [0.25, 0.3) is 0 Å². The Morgan fingerprint density at radius 1 is 1.12 bits per heavy atom. The standard InChI is InChI=1S/C25H24ClIN2O3/c1-16-8-9-17(2)20(10-16)13-24(30)29-28-14-18-11-22(27)25(23(12-18)31-3)32-15-19-6-4-5-7-21(19)26/h4-12,14H,13,15H2,1-3H3,(H,29,30)/b28-14+. The van der Waals surface area contributed by atoms with Crippen LogP contribution >= 0.6 is 34.2 Å². The number of hydrazone groups is 1. The molecule has 0 heterocycles. The molecule has 0 aliphatic rings. The van der Waals surface area contributed by atoms with Crippen molar-refractivity contribution in [2.45, 2.75) is 26.9 Å². The fourth-order valence-corrected chi connectivity index (χ4v) is 4.07. The van der Waals surface area contributed by atoms with Crippen molar-refractivity contribution in [2.75, 3.05) is 7.11 Å². The topological polar surface area (TPSA) is 59.9 Å². The van der Waals surface area contributed by atoms with E-state index in [1.54, 1.807) is 13.3 Å². The van der Waals surface area contributed by atoms with Crippen LogP contribution in [-0.4, -0.2) is 19.2 Å². The molecule has 0 aliphatic carbocycles. The highest BCUT2D eigenvalue weighted by atomic mass is 127. The molecule has 3 aromatic rings. The fourth-order valence-electron chi connectivity index (χ4n) is 3.10. The molecule has 166 valence electrons. The molecule has 3 rings (SSSR count). The second-order valence-electron chi connectivity index (χ2n) is 7.31. The lowest BCUT2D eigenvalue weighted by atomic mass is 10.0. The number of rotatable bonds is 8. The summed E-state index contributed by atoms with van der Waals surface area (Å²) in [5.74, 6) is 1.03. The lowest BCUT2D eigenvalue weighted by molar-refractivity contribution is -0.120. The molecule has 1 N–H and O–H groups in total. The summed E-state index contributed by atoms with van der Waals surface area (Å²) in [5.41, 5.74) is 7.47. The number of nitrogens with one attached hydrogen (secondary N) is 1. The van der Waals surface area contributed by atoms with E-state index >= 15 is 0 Å². The van der Waals surface area contributed by atoms with Crippen LogP contribution in [0.4, 0.5) is 0 Å². The summed E-state index contributed by atoms with van der Waals surface area (Å²) < 4.78 is 12.3. The van der Waals surface area contributed by atoms with Gasteiger partial charge in [0.05, 0.1) is 23.3 Å². The van der Waals surface area contributed by atoms with Crippen LogP contribution in [0.5, 0.6) is 11.5 Å². The molecule has 1 amide bonds. The number of halogens is 2. The smallest absolute Gasteiger partial charge is 0.244 e. The summed E-state index contributed by atoms with van der Waals surface area (Å²) in [6.07, 6.45) is 1.87. The zero-order chi connectivity index (χ0) is 23.1. The van der Waals surface area contributed by atoms with Crippen LogP contribution in [0.1, 0.15) is 27.8 Å². The van der Waals surface area contributed by atoms with E-state index in [2.05, 4.69) is 33.1 Å². The fraction of sp³-hybridized carbons (Fsp3) is 0.200. The molecule has 0 radical (unpaired) electrons. The number of hydrogen-bond donors (Lipinski definition) is 1. The average molecular weight is 563 g/mol. The number of hydrogen-bond acceptors (Lipinski definition) is 4. The Morgan fingerprint density at radius 2 is 1.91 bits per heavy atom. The lowest BCUT2D eigenvalue weighted by Crippen LogP contribution is -2.20. The molecule has 7 heteroatoms. The predicted molar refractivity (Wildman–Crippen MR) is 137 cm³/mol. The molecular formula is C25H24ClIN2O3. The van der Waals surface area contributed by atoms with Crippen molar-refractivity contribution < 1.29 is 14.3 Å². The Morgan fingerprint density at radius 3 is 2.66 bits per heavy atom. The van der Waals surface area contributed by atoms with Crippen LogP contribution < -0.4 is 14.9 Å². The third-order valence-electron chi connectivity index (χ3n) is 4.84. The maximum absolute atomic E-state index is 12.3. The third kappa shape index (κ3) is 6.46. The molecule has 5 nitrogen and oxygen atoms in total. The van der Waals surface area contributed by atoms with Crippen molar-refractivity contribution in [3.8, 4) is 11.5 Å². The molecule has 0 aliphatic heterocycles. The van der Waals surface area contributed by atoms with Gasteiger partial charge in [-0.25, -0.2) is 5.43 Å². The van der Waals surface area contributed by atoms with Crippen LogP contribution in [0.2, 0.25) is 5.02 Å². The number of ether oxygens (including phenoxy) is 2. The molecule has 0 aromatic heterocycles. The van der Waals surface area contributed by atoms with Crippen LogP contribution in [0.15, 0.2) is 59.7 Å². The molecule has 0 unspecified atom stereocenters. The first kappa shape index (κ1) is 24.1. The molecule has 0 saturated carbocycles. The Kier molecular flexibility index (Phi) is 8.53. The molecule has 0 atom stereocenters. The van der Waals surface area contributed by atoms with Gasteiger partial charge in [-0.05, 0) is 71.3 Å². The van der Waals surface area contributed by atoms with Crippen molar-refractivity contribution in [3.63, 3.8) is 0 Å². The first-order chi connectivity index (χ1) is 15.4. The monoisotopic (exact) mass is 562 g/mol. The van der Waals surface area contributed by atoms with Crippen molar-refractivity contribution in [1.29, 1.82) is 0 Å². The Labute approximate surface area is 206 Å². The van der Waals surface area contributed by atoms with Crippen molar-refractivity contribution in [1.82, 2.24) is 5.43 Å². The van der Waals surface area contributed by atoms with E-state index in [4.69, 9.17) is 21.1 Å². The van der Waals surface area contributed by atoms with E-state index in [0.717, 1.165) is 31.4 Å². The number of aryl methyl sites for hydroxylation is 2. The number of carbonyl (C=O) groups is 1. The third-order valence-corrected chi connectivity index (χ3v) is 6.01. The maximum atomic E-state index is 12.3. The second kappa shape index (κ2) is 11.3. The van der Waals surface area contributed by atoms with Crippen LogP contribution in [0.25, 0.3) is 0 Å². The molecule has 0 saturated heterocycles. The molecule has 3 aromatic carbocycles. The van der Waals surface area contributed by atoms with Gasteiger partial charge in [-0.2, -0.15) is 5.10 Å². The van der Waals surface area contributed by atoms with Gasteiger partial charge in [0, 0.05) is 10.6 Å². The SMILES string of the molecule is COc1cc(/C=N/NC(=O)Cc2cc(C)ccc2C)cc(I)c1OCc1ccccc1Cl. The minimum absolute atomic E-state index is 0.170. The number of nitrogens with zero attached hydrogens (tertiary/aromatic N) is 1. The number of methoxy groups -OCH3 is 1. The summed E-state index contributed by atoms with van der Waals surface area (Å²) in [6, 6.07) is 17.3. The van der Waals surface area contributed by atoms with Crippen LogP contribution in [0, 0.1) is 17.4 Å². The Hall–Kier alpha value is -2.58. The highest BCUT2D eigenvalue weighted by Gasteiger charge is 2.12. The highest BCUT2D eigenvalue weighted by Crippen LogP contribution is 2.34. The predicted octanol–water partition coefficient (Wildman–Crippen LogP) is 5.84. The van der Waals surface area contributed by atoms with Gasteiger partial charge < -0.3 is 9.47 Å². The van der Waals surface area contributed by atoms with E-state index in [9.17, 15) is 4.79 Å². The lowest BCUT2D eigenvalue weighted by Gasteiger charge is -2.14. The molecule has 0 spiro atoms. The van der Waals surface area contributed by atoms with Crippen molar-refractivity contribution in [2.24, 2.45) is 5.10 Å². The van der Waals surface area contributed by atoms with Gasteiger partial charge in [0.15, 0.2) is 11.5 Å². The molecular weight excluding hydrogens is 539 g/mol. The Bertz CT molecular complexity index is 1150. The first-order valence-electron chi connectivity index (χ1n) is 9.99. The number of benzene rings is 3. The average Bonchev–Trinajstić information content (AvgIpc) is 2.76. The van der Waals surface area contributed by atoms with E-state index < -0.39 is 0 Å². The zero-order valence-electron chi connectivity index (χ0n) is 18.1. The van der Waals surface area contributed by atoms with Gasteiger partial charge >= 0.3 is 0 Å². The maximum Gasteiger partial charge on any atom is 0.244 e. The van der Waals surface area contributed by atoms with Gasteiger partial charge in [-0.15, -0.1) is 0 Å². The van der Waals surface area contributed by atoms with Crippen molar-refractivity contribution in [3.05, 3.63) is 91.0 Å². The zero-order valence-corrected chi connectivity index (χ0v) is 21.0. The summed E-state index contributed by atoms with van der Waals surface area (Å²) in [6.45, 7) is 4.33. The van der Waals surface area contributed by atoms with Crippen LogP contribution in [-0.2, 0) is 17.8 Å². The van der Waals surface area contributed by atoms with Gasteiger partial charge in [0.1, 0.15) is 6.61 Å². The molecule has 0 fully saturated rings. The van der Waals surface area contributed by atoms with E-state index in [1.807, 2.05) is 68.4 Å². The summed E-state index contributed by atoms with van der Waals surface area (Å²) >= 11 is 8.40. The van der Waals surface area contributed by atoms with Crippen molar-refractivity contribution >= 4 is 46.3 Å². The summed E-state index contributed by atoms with van der Waals surface area (Å²) in [4.78, 5) is 12.3. The minimum atomic E-state index is -0.170. The van der Waals surface area contributed by atoms with E-state index in [-0.39, 0.29) is 12.3 Å². The van der Waals surface area contributed by atoms with Crippen LogP contribution in [0.3, 0.4) is 0 Å². The second-order valence-corrected chi connectivity index (χ2v) is 8.88. The minimum Gasteiger partial charge on any atom is -0.493 e. The van der Waals surface area contributed by atoms with Gasteiger partial charge in [0.2, 0.25) is 5.91 Å². The molecule has 0 bridgehead atoms. The summed E-state index contributed by atoms with van der Waals surface area (Å²) in [7, 11) is 1.58. The quantitative estimate of drug-likeness (QED) is 0.213. The summed E-state index contributed by atoms with van der Waals surface area (Å²) in [5, 5.41) is 4.75. The normalized spacial score (nSPS) is 10.9. The van der Waals surface area contributed by atoms with Gasteiger partial charge in [-0.1, -0.05) is 53.6 Å². The molecule has 32 heavy (non-hydrogen) atoms. The first-order valence-corrected chi connectivity index (χ1v) is 11.4. The van der Waals surface area contributed by atoms with E-state index in [0.29, 0.717) is 23.1 Å². The Balaban J connectivity index is 1.66. The van der Waals surface area contributed by atoms with Gasteiger partial charge in [-0.3, -0.25) is 4.79 Å². The number of carbonyl (C=O) groups excluding carboxylic acids is 1. The number of amides is 1. The highest BCUT2D eigenvalue weighted by molar-refractivity contribution is 14.1.